The maximum absolute atomic E-state index is 13.7. The molecule has 0 spiro atoms. The smallest absolute Gasteiger partial charge is 0.273 e. The molecular weight excluding hydrogens is 564 g/mol. The van der Waals surface area contributed by atoms with Crippen LogP contribution in [0.25, 0.3) is 0 Å². The highest BCUT2D eigenvalue weighted by Gasteiger charge is 2.35. The van der Waals surface area contributed by atoms with E-state index in [0.717, 1.165) is 30.7 Å². The lowest BCUT2D eigenvalue weighted by Gasteiger charge is -2.24. The summed E-state index contributed by atoms with van der Waals surface area (Å²) in [6.45, 7) is 5.18. The van der Waals surface area contributed by atoms with Crippen molar-refractivity contribution in [2.24, 2.45) is 5.92 Å². The molecule has 44 heavy (non-hydrogen) atoms. The first-order valence-corrected chi connectivity index (χ1v) is 15.0. The molecule has 0 unspecified atom stereocenters. The van der Waals surface area contributed by atoms with E-state index in [-0.39, 0.29) is 43.3 Å². The van der Waals surface area contributed by atoms with Crippen LogP contribution in [0, 0.1) is 5.92 Å². The third kappa shape index (κ3) is 10.9. The zero-order chi connectivity index (χ0) is 31.6. The molecule has 0 bridgehead atoms. The van der Waals surface area contributed by atoms with Crippen LogP contribution in [0.2, 0.25) is 0 Å². The summed E-state index contributed by atoms with van der Waals surface area (Å²) in [4.78, 5) is 60.4. The quantitative estimate of drug-likeness (QED) is 0.314. The van der Waals surface area contributed by atoms with E-state index in [1.54, 1.807) is 31.2 Å². The van der Waals surface area contributed by atoms with Gasteiger partial charge in [0.25, 0.3) is 11.8 Å². The molecule has 1 aliphatic carbocycles. The predicted molar refractivity (Wildman–Crippen MR) is 169 cm³/mol. The molecule has 1 aromatic heterocycles. The van der Waals surface area contributed by atoms with Crippen LogP contribution in [-0.2, 0) is 20.8 Å². The molecule has 2 N–H and O–H groups in total. The van der Waals surface area contributed by atoms with Gasteiger partial charge in [-0.05, 0) is 49.3 Å². The molecule has 1 aliphatic heterocycles. The summed E-state index contributed by atoms with van der Waals surface area (Å²) in [6, 6.07) is 5.00. The first-order valence-electron chi connectivity index (χ1n) is 15.0. The molecule has 244 valence electrons. The maximum Gasteiger partial charge on any atom is 0.273 e. The SMILES string of the molecule is C.C=O.C=O.CNC(=O)CCc1ccc(OC)cc1C(=O)N1CCC[C@H]1c1nc(C(=O)NCCCCC2CCCCC2)co1. The Kier molecular flexibility index (Phi) is 18.0. The van der Waals surface area contributed by atoms with Crippen LogP contribution in [-0.4, -0.2) is 68.4 Å². The van der Waals surface area contributed by atoms with E-state index >= 15 is 0 Å². The number of nitrogens with zero attached hydrogens (tertiary/aromatic N) is 2. The van der Waals surface area contributed by atoms with E-state index in [2.05, 4.69) is 15.6 Å². The number of benzene rings is 1. The number of oxazole rings is 1. The maximum atomic E-state index is 13.7. The number of carbonyl (C=O) groups excluding carboxylic acids is 5. The molecule has 2 aliphatic rings. The third-order valence-corrected chi connectivity index (χ3v) is 8.05. The number of hydrogen-bond donors (Lipinski definition) is 2. The number of rotatable bonds is 12. The van der Waals surface area contributed by atoms with E-state index in [9.17, 15) is 14.4 Å². The zero-order valence-electron chi connectivity index (χ0n) is 25.5. The van der Waals surface area contributed by atoms with Crippen molar-refractivity contribution in [2.45, 2.75) is 90.5 Å². The van der Waals surface area contributed by atoms with Gasteiger partial charge in [0.05, 0.1) is 7.11 Å². The molecule has 11 nitrogen and oxygen atoms in total. The lowest BCUT2D eigenvalue weighted by atomic mass is 9.86. The average Bonchev–Trinajstić information content (AvgIpc) is 3.76. The van der Waals surface area contributed by atoms with Crippen molar-refractivity contribution < 1.29 is 33.1 Å². The fourth-order valence-electron chi connectivity index (χ4n) is 5.77. The van der Waals surface area contributed by atoms with Crippen LogP contribution >= 0.6 is 0 Å². The number of methoxy groups -OCH3 is 1. The molecule has 1 aromatic carbocycles. The number of amides is 3. The van der Waals surface area contributed by atoms with Gasteiger partial charge in [-0.25, -0.2) is 4.98 Å². The Morgan fingerprint density at radius 2 is 1.77 bits per heavy atom. The molecule has 0 radical (unpaired) electrons. The largest absolute Gasteiger partial charge is 0.497 e. The van der Waals surface area contributed by atoms with E-state index in [0.29, 0.717) is 43.1 Å². The van der Waals surface area contributed by atoms with E-state index in [1.807, 2.05) is 19.6 Å². The molecule has 1 saturated heterocycles. The van der Waals surface area contributed by atoms with Crippen LogP contribution in [0.15, 0.2) is 28.9 Å². The molecule has 2 fully saturated rings. The fourth-order valence-corrected chi connectivity index (χ4v) is 5.77. The third-order valence-electron chi connectivity index (χ3n) is 8.05. The van der Waals surface area contributed by atoms with Gasteiger partial charge in [0, 0.05) is 32.1 Å². The summed E-state index contributed by atoms with van der Waals surface area (Å²) >= 11 is 0. The number of likely N-dealkylation sites (tertiary alicyclic amines) is 1. The molecular formula is C33H50N4O7. The normalized spacial score (nSPS) is 15.9. The van der Waals surface area contributed by atoms with Crippen LogP contribution < -0.4 is 15.4 Å². The average molecular weight is 615 g/mol. The Balaban J connectivity index is 0.00000186. The standard InChI is InChI=1S/C30H42N4O5.2CH2O.CH4/c1-31-27(35)16-14-22-13-15-23(38-2)19-24(22)30(37)34-18-8-12-26(34)29-33-25(20-39-29)28(36)32-17-7-6-11-21-9-4-3-5-10-21;2*1-2;/h13,15,19-21,26H,3-12,14,16-18H2,1-2H3,(H,31,35)(H,32,36);2*1H2;1H4/t26-;;;/m0.../s1. The van der Waals surface area contributed by atoms with Crippen LogP contribution in [0.1, 0.15) is 116 Å². The fraction of sp³-hybridized carbons (Fsp3) is 0.576. The summed E-state index contributed by atoms with van der Waals surface area (Å²) in [5, 5.41) is 5.58. The van der Waals surface area contributed by atoms with Gasteiger partial charge in [0.1, 0.15) is 31.6 Å². The Hall–Kier alpha value is -4.02. The molecule has 2 heterocycles. The minimum atomic E-state index is -0.354. The van der Waals surface area contributed by atoms with Crippen molar-refractivity contribution in [3.8, 4) is 5.75 Å². The highest BCUT2D eigenvalue weighted by atomic mass is 16.5. The van der Waals surface area contributed by atoms with Gasteiger partial charge in [-0.2, -0.15) is 0 Å². The van der Waals surface area contributed by atoms with Crippen molar-refractivity contribution in [2.75, 3.05) is 27.2 Å². The lowest BCUT2D eigenvalue weighted by molar-refractivity contribution is -0.120. The first kappa shape index (κ1) is 38.0. The Bertz CT molecular complexity index is 1160. The van der Waals surface area contributed by atoms with Gasteiger partial charge >= 0.3 is 0 Å². The molecule has 1 atom stereocenters. The number of hydrogen-bond acceptors (Lipinski definition) is 8. The van der Waals surface area contributed by atoms with E-state index in [4.69, 9.17) is 18.7 Å². The van der Waals surface area contributed by atoms with E-state index in [1.165, 1.54) is 44.8 Å². The zero-order valence-corrected chi connectivity index (χ0v) is 25.5. The van der Waals surface area contributed by atoms with E-state index < -0.39 is 0 Å². The molecule has 11 heteroatoms. The van der Waals surface area contributed by atoms with Gasteiger partial charge in [0.2, 0.25) is 11.8 Å². The second kappa shape index (κ2) is 20.8. The summed E-state index contributed by atoms with van der Waals surface area (Å²) in [6.07, 6.45) is 13.7. The monoisotopic (exact) mass is 614 g/mol. The minimum absolute atomic E-state index is 0. The van der Waals surface area contributed by atoms with Crippen LogP contribution in [0.3, 0.4) is 0 Å². The molecule has 2 aromatic rings. The first-order chi connectivity index (χ1) is 21.0. The van der Waals surface area contributed by atoms with Crippen molar-refractivity contribution in [1.82, 2.24) is 20.5 Å². The number of nitrogens with one attached hydrogen (secondary N) is 2. The summed E-state index contributed by atoms with van der Waals surface area (Å²) in [7, 11) is 3.16. The van der Waals surface area contributed by atoms with Crippen LogP contribution in [0.4, 0.5) is 0 Å². The predicted octanol–water partition coefficient (Wildman–Crippen LogP) is 5.09. The van der Waals surface area contributed by atoms with Gasteiger partial charge in [-0.1, -0.05) is 58.4 Å². The lowest BCUT2D eigenvalue weighted by Crippen LogP contribution is -2.32. The minimum Gasteiger partial charge on any atom is -0.497 e. The number of ether oxygens (including phenoxy) is 1. The van der Waals surface area contributed by atoms with Crippen molar-refractivity contribution in [3.63, 3.8) is 0 Å². The van der Waals surface area contributed by atoms with Crippen LogP contribution in [0.5, 0.6) is 5.75 Å². The topological polar surface area (TPSA) is 148 Å². The second-order valence-electron chi connectivity index (χ2n) is 10.7. The van der Waals surface area contributed by atoms with Gasteiger partial charge in [-0.15, -0.1) is 0 Å². The Morgan fingerprint density at radius 1 is 1.05 bits per heavy atom. The molecule has 3 amide bonds. The van der Waals surface area contributed by atoms with Crippen molar-refractivity contribution in [3.05, 3.63) is 47.2 Å². The Morgan fingerprint density at radius 3 is 2.45 bits per heavy atom. The highest BCUT2D eigenvalue weighted by Crippen LogP contribution is 2.34. The summed E-state index contributed by atoms with van der Waals surface area (Å²) in [5.41, 5.74) is 1.53. The summed E-state index contributed by atoms with van der Waals surface area (Å²) in [5.74, 6) is 1.31. The number of carbonyl (C=O) groups is 5. The summed E-state index contributed by atoms with van der Waals surface area (Å²) < 4.78 is 11.1. The van der Waals surface area contributed by atoms with Crippen molar-refractivity contribution in [1.29, 1.82) is 0 Å². The number of unbranched alkanes of at least 4 members (excludes halogenated alkanes) is 1. The molecule has 4 rings (SSSR count). The van der Waals surface area contributed by atoms with Gasteiger partial charge < -0.3 is 34.3 Å². The Labute approximate surface area is 261 Å². The second-order valence-corrected chi connectivity index (χ2v) is 10.7. The number of aromatic nitrogens is 1. The highest BCUT2D eigenvalue weighted by molar-refractivity contribution is 5.97. The van der Waals surface area contributed by atoms with Gasteiger partial charge in [-0.3, -0.25) is 14.4 Å². The molecule has 1 saturated carbocycles. The van der Waals surface area contributed by atoms with Crippen molar-refractivity contribution >= 4 is 31.3 Å². The number of aryl methyl sites for hydroxylation is 1. The van der Waals surface area contributed by atoms with Gasteiger partial charge in [0.15, 0.2) is 5.69 Å².